The third-order valence-electron chi connectivity index (χ3n) is 3.04. The number of hydrogen-bond acceptors (Lipinski definition) is 4. The minimum Gasteiger partial charge on any atom is -0.329 e. The molecule has 0 saturated heterocycles. The number of nitrogens with two attached hydrogens (primary N) is 1. The lowest BCUT2D eigenvalue weighted by Crippen LogP contribution is -2.27. The van der Waals surface area contributed by atoms with Crippen LogP contribution < -0.4 is 5.73 Å². The summed E-state index contributed by atoms with van der Waals surface area (Å²) >= 11 is 0. The number of pyridine rings is 1. The molecule has 96 valence electrons. The van der Waals surface area contributed by atoms with Crippen molar-refractivity contribution >= 4 is 20.7 Å². The number of benzene rings is 1. The van der Waals surface area contributed by atoms with E-state index in [0.717, 1.165) is 16.5 Å². The van der Waals surface area contributed by atoms with Crippen LogP contribution in [-0.4, -0.2) is 25.2 Å². The first-order valence-corrected chi connectivity index (χ1v) is 7.50. The van der Waals surface area contributed by atoms with Crippen LogP contribution in [0.25, 0.3) is 10.9 Å². The highest BCUT2D eigenvalue weighted by atomic mass is 32.2. The summed E-state index contributed by atoms with van der Waals surface area (Å²) in [5, 5.41) is 0.359. The predicted molar refractivity (Wildman–Crippen MR) is 72.9 cm³/mol. The van der Waals surface area contributed by atoms with Gasteiger partial charge in [-0.1, -0.05) is 18.2 Å². The van der Waals surface area contributed by atoms with Crippen molar-refractivity contribution in [1.29, 1.82) is 0 Å². The van der Waals surface area contributed by atoms with Crippen LogP contribution in [0.1, 0.15) is 12.5 Å². The summed E-state index contributed by atoms with van der Waals surface area (Å²) in [5.41, 5.74) is 7.02. The molecule has 2 rings (SSSR count). The fraction of sp³-hybridized carbons (Fsp3) is 0.308. The van der Waals surface area contributed by atoms with Crippen molar-refractivity contribution in [1.82, 2.24) is 4.98 Å². The maximum atomic E-state index is 12.1. The van der Waals surface area contributed by atoms with Gasteiger partial charge in [0.05, 0.1) is 16.5 Å². The van der Waals surface area contributed by atoms with Crippen LogP contribution in [0.2, 0.25) is 0 Å². The van der Waals surface area contributed by atoms with Gasteiger partial charge in [0, 0.05) is 18.1 Å². The quantitative estimate of drug-likeness (QED) is 0.908. The van der Waals surface area contributed by atoms with Crippen LogP contribution in [0.4, 0.5) is 0 Å². The van der Waals surface area contributed by atoms with E-state index in [1.165, 1.54) is 0 Å². The fourth-order valence-electron chi connectivity index (χ4n) is 1.79. The number of rotatable bonds is 4. The Labute approximate surface area is 107 Å². The molecular formula is C13H16N2O2S. The molecule has 0 amide bonds. The molecule has 0 aliphatic heterocycles. The summed E-state index contributed by atoms with van der Waals surface area (Å²) in [5.74, 6) is 0.00833. The van der Waals surface area contributed by atoms with Gasteiger partial charge in [-0.2, -0.15) is 0 Å². The maximum absolute atomic E-state index is 12.1. The minimum absolute atomic E-state index is 0.00833. The molecule has 0 saturated carbocycles. The van der Waals surface area contributed by atoms with E-state index in [2.05, 4.69) is 4.98 Å². The molecule has 2 N–H and O–H groups in total. The molecule has 2 aromatic rings. The maximum Gasteiger partial charge on any atom is 0.158 e. The SMILES string of the molecule is CC(CN)S(=O)(=O)Cc1ccnc2ccccc12. The monoisotopic (exact) mass is 264 g/mol. The van der Waals surface area contributed by atoms with E-state index in [-0.39, 0.29) is 12.3 Å². The molecule has 4 nitrogen and oxygen atoms in total. The van der Waals surface area contributed by atoms with Crippen LogP contribution in [0, 0.1) is 0 Å². The molecule has 5 heteroatoms. The molecular weight excluding hydrogens is 248 g/mol. The standard InChI is InChI=1S/C13H16N2O2S/c1-10(8-14)18(16,17)9-11-6-7-15-13-5-3-2-4-12(11)13/h2-7,10H,8-9,14H2,1H3. The van der Waals surface area contributed by atoms with Crippen LogP contribution in [0.3, 0.4) is 0 Å². The second-order valence-electron chi connectivity index (χ2n) is 4.34. The van der Waals surface area contributed by atoms with Gasteiger partial charge in [-0.15, -0.1) is 0 Å². The van der Waals surface area contributed by atoms with Gasteiger partial charge in [0.25, 0.3) is 0 Å². The summed E-state index contributed by atoms with van der Waals surface area (Å²) in [7, 11) is -3.21. The molecule has 0 bridgehead atoms. The Morgan fingerprint density at radius 3 is 2.72 bits per heavy atom. The zero-order valence-electron chi connectivity index (χ0n) is 10.2. The van der Waals surface area contributed by atoms with E-state index >= 15 is 0 Å². The van der Waals surface area contributed by atoms with Crippen molar-refractivity contribution in [2.45, 2.75) is 17.9 Å². The zero-order valence-corrected chi connectivity index (χ0v) is 11.0. The van der Waals surface area contributed by atoms with Crippen molar-refractivity contribution in [2.24, 2.45) is 5.73 Å². The molecule has 1 aromatic heterocycles. The zero-order chi connectivity index (χ0) is 13.2. The second-order valence-corrected chi connectivity index (χ2v) is 6.76. The van der Waals surface area contributed by atoms with Gasteiger partial charge in [-0.25, -0.2) is 8.42 Å². The topological polar surface area (TPSA) is 73.1 Å². The van der Waals surface area contributed by atoms with Crippen molar-refractivity contribution in [3.05, 3.63) is 42.1 Å². The average molecular weight is 264 g/mol. The highest BCUT2D eigenvalue weighted by Gasteiger charge is 2.20. The number of para-hydroxylation sites is 1. The highest BCUT2D eigenvalue weighted by Crippen LogP contribution is 2.19. The first-order valence-electron chi connectivity index (χ1n) is 5.79. The number of fused-ring (bicyclic) bond motifs is 1. The Balaban J connectivity index is 2.44. The first kappa shape index (κ1) is 13.0. The van der Waals surface area contributed by atoms with Gasteiger partial charge in [0.1, 0.15) is 0 Å². The lowest BCUT2D eigenvalue weighted by atomic mass is 10.1. The summed E-state index contributed by atoms with van der Waals surface area (Å²) < 4.78 is 24.1. The molecule has 0 spiro atoms. The predicted octanol–water partition coefficient (Wildman–Crippen LogP) is 1.50. The summed E-state index contributed by atoms with van der Waals surface area (Å²) in [6, 6.07) is 9.28. The van der Waals surface area contributed by atoms with E-state index in [4.69, 9.17) is 5.73 Å². The third kappa shape index (κ3) is 2.52. The fourth-order valence-corrected chi connectivity index (χ4v) is 3.05. The highest BCUT2D eigenvalue weighted by molar-refractivity contribution is 7.91. The average Bonchev–Trinajstić information content (AvgIpc) is 2.38. The lowest BCUT2D eigenvalue weighted by molar-refractivity contribution is 0.583. The van der Waals surface area contributed by atoms with Crippen LogP contribution in [0.5, 0.6) is 0 Å². The van der Waals surface area contributed by atoms with Crippen molar-refractivity contribution in [2.75, 3.05) is 6.54 Å². The first-order chi connectivity index (χ1) is 8.54. The molecule has 1 atom stereocenters. The van der Waals surface area contributed by atoms with Gasteiger partial charge >= 0.3 is 0 Å². The van der Waals surface area contributed by atoms with E-state index < -0.39 is 15.1 Å². The van der Waals surface area contributed by atoms with E-state index in [9.17, 15) is 8.42 Å². The van der Waals surface area contributed by atoms with E-state index in [1.54, 1.807) is 19.2 Å². The van der Waals surface area contributed by atoms with Crippen molar-refractivity contribution in [3.63, 3.8) is 0 Å². The van der Waals surface area contributed by atoms with E-state index in [0.29, 0.717) is 0 Å². The number of nitrogens with zero attached hydrogens (tertiary/aromatic N) is 1. The van der Waals surface area contributed by atoms with Crippen molar-refractivity contribution < 1.29 is 8.42 Å². The molecule has 1 unspecified atom stereocenters. The van der Waals surface area contributed by atoms with Gasteiger partial charge in [0.15, 0.2) is 9.84 Å². The number of sulfone groups is 1. The molecule has 1 aromatic carbocycles. The number of aromatic nitrogens is 1. The second kappa shape index (κ2) is 5.04. The largest absolute Gasteiger partial charge is 0.329 e. The van der Waals surface area contributed by atoms with Gasteiger partial charge in [-0.3, -0.25) is 4.98 Å². The lowest BCUT2D eigenvalue weighted by Gasteiger charge is -2.11. The van der Waals surface area contributed by atoms with Crippen LogP contribution in [0.15, 0.2) is 36.5 Å². The third-order valence-corrected chi connectivity index (χ3v) is 5.17. The van der Waals surface area contributed by atoms with Gasteiger partial charge in [-0.05, 0) is 24.6 Å². The number of hydrogen-bond donors (Lipinski definition) is 1. The van der Waals surface area contributed by atoms with E-state index in [1.807, 2.05) is 24.3 Å². The molecule has 0 aliphatic rings. The van der Waals surface area contributed by atoms with Crippen LogP contribution in [-0.2, 0) is 15.6 Å². The minimum atomic E-state index is -3.21. The molecule has 0 radical (unpaired) electrons. The van der Waals surface area contributed by atoms with Gasteiger partial charge in [0.2, 0.25) is 0 Å². The Morgan fingerprint density at radius 2 is 2.00 bits per heavy atom. The van der Waals surface area contributed by atoms with Crippen molar-refractivity contribution in [3.8, 4) is 0 Å². The summed E-state index contributed by atoms with van der Waals surface area (Å²) in [6.07, 6.45) is 1.64. The Bertz CT molecular complexity index is 648. The molecule has 0 fully saturated rings. The summed E-state index contributed by atoms with van der Waals surface area (Å²) in [6.45, 7) is 1.78. The molecule has 1 heterocycles. The Hall–Kier alpha value is -1.46. The smallest absolute Gasteiger partial charge is 0.158 e. The van der Waals surface area contributed by atoms with Crippen LogP contribution >= 0.6 is 0 Å². The Morgan fingerprint density at radius 1 is 1.28 bits per heavy atom. The van der Waals surface area contributed by atoms with Gasteiger partial charge < -0.3 is 5.73 Å². The Kier molecular flexibility index (Phi) is 3.63. The molecule has 0 aliphatic carbocycles. The normalized spacial score (nSPS) is 13.7. The summed E-state index contributed by atoms with van der Waals surface area (Å²) in [4.78, 5) is 4.22. The molecule has 18 heavy (non-hydrogen) atoms.